The molecule has 0 spiro atoms. The van der Waals surface area contributed by atoms with Crippen molar-refractivity contribution in [3.8, 4) is 11.8 Å². The Morgan fingerprint density at radius 1 is 1.39 bits per heavy atom. The molecule has 2 heterocycles. The Bertz CT molecular complexity index is 772. The Morgan fingerprint density at radius 2 is 2.22 bits per heavy atom. The summed E-state index contributed by atoms with van der Waals surface area (Å²) in [6.07, 6.45) is 2.33. The predicted octanol–water partition coefficient (Wildman–Crippen LogP) is 2.86. The molecule has 0 aliphatic carbocycles. The molecule has 0 N–H and O–H groups in total. The summed E-state index contributed by atoms with van der Waals surface area (Å²) in [6.45, 7) is 0.648. The van der Waals surface area contributed by atoms with E-state index in [-0.39, 0.29) is 11.2 Å². The van der Waals surface area contributed by atoms with Gasteiger partial charge in [0.05, 0.1) is 34.7 Å². The normalized spacial score (nSPS) is 17.1. The van der Waals surface area contributed by atoms with Crippen LogP contribution in [0.5, 0.6) is 5.75 Å². The fourth-order valence-corrected chi connectivity index (χ4v) is 3.60. The quantitative estimate of drug-likeness (QED) is 0.865. The molecule has 1 aliphatic rings. The van der Waals surface area contributed by atoms with Crippen molar-refractivity contribution in [2.24, 2.45) is 0 Å². The molecule has 0 radical (unpaired) electrons. The van der Waals surface area contributed by atoms with Crippen molar-refractivity contribution in [3.63, 3.8) is 0 Å². The van der Waals surface area contributed by atoms with Crippen LogP contribution in [0.25, 0.3) is 0 Å². The van der Waals surface area contributed by atoms with Gasteiger partial charge in [0.1, 0.15) is 5.75 Å². The number of amides is 1. The minimum atomic E-state index is -0.193. The van der Waals surface area contributed by atoms with E-state index >= 15 is 0 Å². The number of anilines is 1. The third-order valence-corrected chi connectivity index (χ3v) is 4.85. The van der Waals surface area contributed by atoms with Gasteiger partial charge in [-0.1, -0.05) is 23.9 Å². The van der Waals surface area contributed by atoms with Crippen LogP contribution in [0.4, 0.5) is 5.69 Å². The van der Waals surface area contributed by atoms with Gasteiger partial charge in [-0.25, -0.2) is 4.98 Å². The lowest BCUT2D eigenvalue weighted by molar-refractivity contribution is -0.116. The summed E-state index contributed by atoms with van der Waals surface area (Å²) in [5.41, 5.74) is 1.34. The highest BCUT2D eigenvalue weighted by Crippen LogP contribution is 2.36. The van der Waals surface area contributed by atoms with Crippen molar-refractivity contribution in [3.05, 3.63) is 48.2 Å². The number of ether oxygens (including phenoxy) is 1. The average molecular weight is 325 g/mol. The van der Waals surface area contributed by atoms with Crippen molar-refractivity contribution in [2.75, 3.05) is 18.6 Å². The van der Waals surface area contributed by atoms with Gasteiger partial charge < -0.3 is 9.64 Å². The average Bonchev–Trinajstić information content (AvgIpc) is 2.95. The summed E-state index contributed by atoms with van der Waals surface area (Å²) in [6, 6.07) is 13.0. The van der Waals surface area contributed by atoms with E-state index in [1.165, 1.54) is 11.8 Å². The molecule has 1 amide bonds. The topological polar surface area (TPSA) is 66.2 Å². The number of thioether (sulfide) groups is 1. The number of aromatic nitrogens is 1. The third-order valence-electron chi connectivity index (χ3n) is 3.66. The second-order valence-electron chi connectivity index (χ2n) is 5.05. The first-order chi connectivity index (χ1) is 11.2. The molecular weight excluding hydrogens is 310 g/mol. The number of hydrogen-bond donors (Lipinski definition) is 0. The van der Waals surface area contributed by atoms with E-state index in [9.17, 15) is 4.79 Å². The minimum Gasteiger partial charge on any atom is -0.495 e. The molecule has 6 heteroatoms. The van der Waals surface area contributed by atoms with Gasteiger partial charge in [-0.2, -0.15) is 5.26 Å². The predicted molar refractivity (Wildman–Crippen MR) is 88.6 cm³/mol. The first kappa shape index (κ1) is 15.4. The highest BCUT2D eigenvalue weighted by Gasteiger charge is 2.34. The van der Waals surface area contributed by atoms with E-state index in [0.29, 0.717) is 22.9 Å². The number of rotatable bonds is 4. The molecular formula is C17H15N3O2S. The fourth-order valence-electron chi connectivity index (χ4n) is 2.54. The number of carbonyl (C=O) groups is 1. The number of benzene rings is 1. The van der Waals surface area contributed by atoms with Crippen LogP contribution in [0.2, 0.25) is 0 Å². The number of hydrogen-bond acceptors (Lipinski definition) is 5. The van der Waals surface area contributed by atoms with Crippen LogP contribution in [-0.2, 0) is 4.79 Å². The van der Waals surface area contributed by atoms with Crippen molar-refractivity contribution < 1.29 is 9.53 Å². The molecule has 3 rings (SSSR count). The standard InChI is InChI=1S/C17H15N3O2S/c1-22-14-5-3-2-4-13(14)20-9-7-15(17(20)21)23-16-10-12(11-18)6-8-19-16/h2-6,8,10,15H,7,9H2,1H3/t15-/m1/s1. The van der Waals surface area contributed by atoms with Crippen LogP contribution in [0.3, 0.4) is 0 Å². The largest absolute Gasteiger partial charge is 0.495 e. The molecule has 1 fully saturated rings. The summed E-state index contributed by atoms with van der Waals surface area (Å²) in [5.74, 6) is 0.736. The summed E-state index contributed by atoms with van der Waals surface area (Å²) in [7, 11) is 1.60. The van der Waals surface area contributed by atoms with Crippen molar-refractivity contribution in [2.45, 2.75) is 16.7 Å². The minimum absolute atomic E-state index is 0.0451. The zero-order valence-corrected chi connectivity index (χ0v) is 13.4. The van der Waals surface area contributed by atoms with Crippen LogP contribution in [0, 0.1) is 11.3 Å². The SMILES string of the molecule is COc1ccccc1N1CC[C@@H](Sc2cc(C#N)ccn2)C1=O. The van der Waals surface area contributed by atoms with Crippen molar-refractivity contribution in [1.29, 1.82) is 5.26 Å². The third kappa shape index (κ3) is 3.15. The smallest absolute Gasteiger partial charge is 0.240 e. The maximum Gasteiger partial charge on any atom is 0.240 e. The summed E-state index contributed by atoms with van der Waals surface area (Å²) >= 11 is 1.41. The Hall–Kier alpha value is -2.52. The molecule has 23 heavy (non-hydrogen) atoms. The van der Waals surface area contributed by atoms with E-state index in [1.54, 1.807) is 30.3 Å². The highest BCUT2D eigenvalue weighted by molar-refractivity contribution is 8.00. The van der Waals surface area contributed by atoms with Gasteiger partial charge in [-0.15, -0.1) is 0 Å². The molecule has 0 saturated carbocycles. The molecule has 5 nitrogen and oxygen atoms in total. The van der Waals surface area contributed by atoms with Gasteiger partial charge in [-0.3, -0.25) is 4.79 Å². The number of methoxy groups -OCH3 is 1. The van der Waals surface area contributed by atoms with Crippen LogP contribution in [0.15, 0.2) is 47.6 Å². The number of para-hydroxylation sites is 2. The molecule has 1 aromatic heterocycles. The van der Waals surface area contributed by atoms with Gasteiger partial charge in [0.25, 0.3) is 0 Å². The maximum absolute atomic E-state index is 12.7. The molecule has 1 aromatic carbocycles. The van der Waals surface area contributed by atoms with Gasteiger partial charge in [0, 0.05) is 12.7 Å². The Morgan fingerprint density at radius 3 is 3.00 bits per heavy atom. The molecule has 2 aromatic rings. The van der Waals surface area contributed by atoms with E-state index in [1.807, 2.05) is 24.3 Å². The van der Waals surface area contributed by atoms with Crippen LogP contribution >= 0.6 is 11.8 Å². The lowest BCUT2D eigenvalue weighted by Crippen LogP contribution is -2.28. The van der Waals surface area contributed by atoms with Crippen LogP contribution in [0.1, 0.15) is 12.0 Å². The first-order valence-corrected chi connectivity index (χ1v) is 8.08. The summed E-state index contributed by atoms with van der Waals surface area (Å²) < 4.78 is 5.34. The number of carbonyl (C=O) groups excluding carboxylic acids is 1. The van der Waals surface area contributed by atoms with Crippen molar-refractivity contribution in [1.82, 2.24) is 4.98 Å². The first-order valence-electron chi connectivity index (χ1n) is 7.20. The molecule has 116 valence electrons. The Labute approximate surface area is 138 Å². The monoisotopic (exact) mass is 325 g/mol. The lowest BCUT2D eigenvalue weighted by atomic mass is 10.2. The fraction of sp³-hybridized carbons (Fsp3) is 0.235. The molecule has 1 saturated heterocycles. The van der Waals surface area contributed by atoms with Crippen LogP contribution in [-0.4, -0.2) is 29.8 Å². The van der Waals surface area contributed by atoms with E-state index < -0.39 is 0 Å². The number of pyridine rings is 1. The number of nitriles is 1. The number of nitrogens with zero attached hydrogens (tertiary/aromatic N) is 3. The van der Waals surface area contributed by atoms with Gasteiger partial charge in [-0.05, 0) is 30.7 Å². The van der Waals surface area contributed by atoms with E-state index in [2.05, 4.69) is 11.1 Å². The van der Waals surface area contributed by atoms with Crippen LogP contribution < -0.4 is 9.64 Å². The maximum atomic E-state index is 12.7. The summed E-state index contributed by atoms with van der Waals surface area (Å²) in [4.78, 5) is 18.7. The zero-order chi connectivity index (χ0) is 16.2. The van der Waals surface area contributed by atoms with E-state index in [0.717, 1.165) is 12.1 Å². The zero-order valence-electron chi connectivity index (χ0n) is 12.6. The molecule has 0 bridgehead atoms. The van der Waals surface area contributed by atoms with Gasteiger partial charge >= 0.3 is 0 Å². The Kier molecular flexibility index (Phi) is 4.49. The molecule has 1 aliphatic heterocycles. The van der Waals surface area contributed by atoms with Gasteiger partial charge in [0.15, 0.2) is 0 Å². The lowest BCUT2D eigenvalue weighted by Gasteiger charge is -2.19. The summed E-state index contributed by atoms with van der Waals surface area (Å²) in [5, 5.41) is 9.45. The molecule has 1 atom stereocenters. The van der Waals surface area contributed by atoms with Crippen molar-refractivity contribution >= 4 is 23.4 Å². The van der Waals surface area contributed by atoms with Gasteiger partial charge in [0.2, 0.25) is 5.91 Å². The molecule has 0 unspecified atom stereocenters. The highest BCUT2D eigenvalue weighted by atomic mass is 32.2. The Balaban J connectivity index is 1.78. The second-order valence-corrected chi connectivity index (χ2v) is 6.27. The second kappa shape index (κ2) is 6.71. The van der Waals surface area contributed by atoms with E-state index in [4.69, 9.17) is 10.00 Å².